The molecule has 0 atom stereocenters. The van der Waals surface area contributed by atoms with Crippen LogP contribution < -0.4 is 0 Å². The lowest BCUT2D eigenvalue weighted by Gasteiger charge is -2.24. The van der Waals surface area contributed by atoms with Gasteiger partial charge in [0.1, 0.15) is 0 Å². The summed E-state index contributed by atoms with van der Waals surface area (Å²) in [6.45, 7) is 3.56. The number of rotatable bonds is 1. The Bertz CT molecular complexity index is 310. The van der Waals surface area contributed by atoms with Crippen molar-refractivity contribution in [1.29, 1.82) is 0 Å². The van der Waals surface area contributed by atoms with E-state index in [0.717, 1.165) is 18.7 Å². The number of hydrogen-bond donors (Lipinski definition) is 0. The highest BCUT2D eigenvalue weighted by Gasteiger charge is 2.20. The molecule has 2 aliphatic rings. The van der Waals surface area contributed by atoms with Crippen LogP contribution in [0.4, 0.5) is 0 Å². The maximum atomic E-state index is 11.4. The molecule has 2 heteroatoms. The third-order valence-electron chi connectivity index (χ3n) is 2.28. The van der Waals surface area contributed by atoms with E-state index in [-0.39, 0.29) is 5.91 Å². The summed E-state index contributed by atoms with van der Waals surface area (Å²) >= 11 is 0. The number of carbonyl (C=O) groups excluding carboxylic acids is 1. The quantitative estimate of drug-likeness (QED) is 0.567. The van der Waals surface area contributed by atoms with Crippen molar-refractivity contribution in [2.45, 2.75) is 6.92 Å². The molecule has 1 aliphatic carbocycles. The summed E-state index contributed by atoms with van der Waals surface area (Å²) in [4.78, 5) is 13.2. The Labute approximate surface area is 71.9 Å². The first-order valence-corrected chi connectivity index (χ1v) is 4.19. The second kappa shape index (κ2) is 2.63. The topological polar surface area (TPSA) is 20.3 Å². The molecule has 0 fully saturated rings. The van der Waals surface area contributed by atoms with Crippen LogP contribution in [-0.2, 0) is 4.79 Å². The van der Waals surface area contributed by atoms with E-state index in [2.05, 4.69) is 6.08 Å². The Kier molecular flexibility index (Phi) is 1.61. The molecular weight excluding hydrogens is 150 g/mol. The monoisotopic (exact) mass is 161 g/mol. The Hall–Kier alpha value is -1.31. The summed E-state index contributed by atoms with van der Waals surface area (Å²) in [7, 11) is 0. The molecule has 0 saturated heterocycles. The van der Waals surface area contributed by atoms with Gasteiger partial charge in [-0.15, -0.1) is 0 Å². The lowest BCUT2D eigenvalue weighted by atomic mass is 10.1. The minimum absolute atomic E-state index is 0.135. The standard InChI is InChI=1S/C10H11NO/c1-2-11-7-9-5-3-4-8(9)6-10(11)12/h3-6H,2,7H2,1H3. The van der Waals surface area contributed by atoms with Gasteiger partial charge < -0.3 is 4.90 Å². The summed E-state index contributed by atoms with van der Waals surface area (Å²) < 4.78 is 0. The van der Waals surface area contributed by atoms with Crippen LogP contribution in [0, 0.1) is 0 Å². The van der Waals surface area contributed by atoms with Crippen LogP contribution in [0.3, 0.4) is 0 Å². The molecule has 12 heavy (non-hydrogen) atoms. The van der Waals surface area contributed by atoms with Gasteiger partial charge in [-0.25, -0.2) is 0 Å². The van der Waals surface area contributed by atoms with Gasteiger partial charge in [0, 0.05) is 19.2 Å². The normalized spacial score (nSPS) is 20.8. The summed E-state index contributed by atoms with van der Waals surface area (Å²) in [5.74, 6) is 0.135. The molecule has 0 spiro atoms. The van der Waals surface area contributed by atoms with E-state index in [1.54, 1.807) is 6.08 Å². The predicted molar refractivity (Wildman–Crippen MR) is 47.6 cm³/mol. The van der Waals surface area contributed by atoms with Crippen molar-refractivity contribution in [1.82, 2.24) is 4.90 Å². The van der Waals surface area contributed by atoms with E-state index < -0.39 is 0 Å². The van der Waals surface area contributed by atoms with Crippen molar-refractivity contribution in [3.05, 3.63) is 35.5 Å². The predicted octanol–water partition coefficient (Wildman–Crippen LogP) is 1.27. The third kappa shape index (κ3) is 0.998. The molecule has 0 N–H and O–H groups in total. The zero-order chi connectivity index (χ0) is 8.55. The molecule has 2 nitrogen and oxygen atoms in total. The Morgan fingerprint density at radius 2 is 2.42 bits per heavy atom. The van der Waals surface area contributed by atoms with Crippen molar-refractivity contribution in [3.8, 4) is 0 Å². The minimum atomic E-state index is 0.135. The van der Waals surface area contributed by atoms with Crippen LogP contribution in [0.15, 0.2) is 35.5 Å². The third-order valence-corrected chi connectivity index (χ3v) is 2.28. The minimum Gasteiger partial charge on any atom is -0.335 e. The molecule has 1 amide bonds. The molecule has 0 bridgehead atoms. The van der Waals surface area contributed by atoms with Crippen molar-refractivity contribution < 1.29 is 4.79 Å². The fraction of sp³-hybridized carbons (Fsp3) is 0.300. The molecule has 1 heterocycles. The van der Waals surface area contributed by atoms with E-state index in [9.17, 15) is 4.79 Å². The Morgan fingerprint density at radius 3 is 3.17 bits per heavy atom. The first kappa shape index (κ1) is 7.35. The van der Waals surface area contributed by atoms with Crippen molar-refractivity contribution in [2.24, 2.45) is 0 Å². The van der Waals surface area contributed by atoms with Crippen LogP contribution in [0.5, 0.6) is 0 Å². The summed E-state index contributed by atoms with van der Waals surface area (Å²) in [5, 5.41) is 0. The fourth-order valence-electron chi connectivity index (χ4n) is 1.53. The van der Waals surface area contributed by atoms with E-state index >= 15 is 0 Å². The number of nitrogens with zero attached hydrogens (tertiary/aromatic N) is 1. The highest BCUT2D eigenvalue weighted by atomic mass is 16.2. The zero-order valence-corrected chi connectivity index (χ0v) is 7.08. The molecule has 0 unspecified atom stereocenters. The lowest BCUT2D eigenvalue weighted by molar-refractivity contribution is -0.125. The molecule has 0 aromatic rings. The summed E-state index contributed by atoms with van der Waals surface area (Å²) in [5.41, 5.74) is 2.35. The second-order valence-corrected chi connectivity index (χ2v) is 3.00. The van der Waals surface area contributed by atoms with Gasteiger partial charge in [0.25, 0.3) is 0 Å². The molecule has 0 saturated carbocycles. The molecule has 1 aliphatic heterocycles. The molecule has 62 valence electrons. The van der Waals surface area contributed by atoms with E-state index in [4.69, 9.17) is 0 Å². The van der Waals surface area contributed by atoms with Gasteiger partial charge in [0.05, 0.1) is 0 Å². The zero-order valence-electron chi connectivity index (χ0n) is 7.08. The van der Waals surface area contributed by atoms with Gasteiger partial charge in [-0.3, -0.25) is 4.79 Å². The van der Waals surface area contributed by atoms with Crippen molar-refractivity contribution in [2.75, 3.05) is 13.1 Å². The van der Waals surface area contributed by atoms with Gasteiger partial charge in [0.15, 0.2) is 0 Å². The fourth-order valence-corrected chi connectivity index (χ4v) is 1.53. The molecule has 0 aromatic carbocycles. The number of fused-ring (bicyclic) bond motifs is 1. The maximum Gasteiger partial charge on any atom is 0.247 e. The van der Waals surface area contributed by atoms with Crippen LogP contribution in [0.1, 0.15) is 6.92 Å². The first-order valence-electron chi connectivity index (χ1n) is 4.19. The largest absolute Gasteiger partial charge is 0.335 e. The van der Waals surface area contributed by atoms with Crippen molar-refractivity contribution >= 4 is 5.91 Å². The van der Waals surface area contributed by atoms with Gasteiger partial charge >= 0.3 is 0 Å². The van der Waals surface area contributed by atoms with Gasteiger partial charge in [-0.2, -0.15) is 0 Å². The van der Waals surface area contributed by atoms with Crippen LogP contribution in [0.2, 0.25) is 0 Å². The average molecular weight is 161 g/mol. The Balaban J connectivity index is 2.32. The number of amides is 1. The Morgan fingerprint density at radius 1 is 1.58 bits per heavy atom. The van der Waals surface area contributed by atoms with Crippen LogP contribution in [-0.4, -0.2) is 23.9 Å². The number of hydrogen-bond acceptors (Lipinski definition) is 1. The lowest BCUT2D eigenvalue weighted by Crippen LogP contribution is -2.34. The first-order chi connectivity index (χ1) is 5.81. The summed E-state index contributed by atoms with van der Waals surface area (Å²) in [6.07, 6.45) is 7.76. The molecular formula is C10H11NO. The average Bonchev–Trinajstić information content (AvgIpc) is 2.49. The molecule has 0 radical (unpaired) electrons. The maximum absolute atomic E-state index is 11.4. The van der Waals surface area contributed by atoms with Gasteiger partial charge in [-0.1, -0.05) is 18.2 Å². The van der Waals surface area contributed by atoms with E-state index in [1.807, 2.05) is 24.0 Å². The van der Waals surface area contributed by atoms with Crippen LogP contribution >= 0.6 is 0 Å². The highest BCUT2D eigenvalue weighted by molar-refractivity contribution is 5.92. The molecule has 0 aromatic heterocycles. The number of carbonyl (C=O) groups is 1. The van der Waals surface area contributed by atoms with Gasteiger partial charge in [0.2, 0.25) is 5.91 Å². The molecule has 2 rings (SSSR count). The van der Waals surface area contributed by atoms with E-state index in [1.165, 1.54) is 5.57 Å². The second-order valence-electron chi connectivity index (χ2n) is 3.00. The van der Waals surface area contributed by atoms with Crippen molar-refractivity contribution in [3.63, 3.8) is 0 Å². The highest BCUT2D eigenvalue weighted by Crippen LogP contribution is 2.23. The van der Waals surface area contributed by atoms with E-state index in [0.29, 0.717) is 0 Å². The smallest absolute Gasteiger partial charge is 0.247 e. The SMILES string of the molecule is CCN1CC2=CC=CC2=CC1=O. The van der Waals surface area contributed by atoms with Crippen LogP contribution in [0.25, 0.3) is 0 Å². The number of allylic oxidation sites excluding steroid dienone is 3. The van der Waals surface area contributed by atoms with Gasteiger partial charge in [-0.05, 0) is 18.1 Å². The number of likely N-dealkylation sites (N-methyl/N-ethyl adjacent to an activating group) is 1. The summed E-state index contributed by atoms with van der Waals surface area (Å²) in [6, 6.07) is 0.